The highest BCUT2D eigenvalue weighted by atomic mass is 16.5. The van der Waals surface area contributed by atoms with Gasteiger partial charge in [0.1, 0.15) is 11.6 Å². The fourth-order valence-electron chi connectivity index (χ4n) is 3.04. The Hall–Kier alpha value is -4.07. The Morgan fingerprint density at radius 3 is 2.31 bits per heavy atom. The van der Waals surface area contributed by atoms with E-state index in [2.05, 4.69) is 15.0 Å². The van der Waals surface area contributed by atoms with E-state index >= 15 is 0 Å². The number of nitrogens with one attached hydrogen (secondary N) is 1. The summed E-state index contributed by atoms with van der Waals surface area (Å²) < 4.78 is 10.2. The number of pyridine rings is 1. The molecule has 0 aliphatic heterocycles. The maximum absolute atomic E-state index is 11.8. The highest BCUT2D eigenvalue weighted by Gasteiger charge is 2.18. The van der Waals surface area contributed by atoms with Crippen LogP contribution >= 0.6 is 0 Å². The third kappa shape index (κ3) is 3.31. The van der Waals surface area contributed by atoms with Crippen LogP contribution in [0.5, 0.6) is 17.2 Å². The number of benzene rings is 2. The molecule has 0 bridgehead atoms. The lowest BCUT2D eigenvalue weighted by molar-refractivity contribution is 0.0699. The Morgan fingerprint density at radius 2 is 1.69 bits per heavy atom. The lowest BCUT2D eigenvalue weighted by Crippen LogP contribution is -2.00. The molecule has 146 valence electrons. The molecule has 8 nitrogen and oxygen atoms in total. The zero-order valence-electron chi connectivity index (χ0n) is 15.6. The Kier molecular flexibility index (Phi) is 4.52. The minimum absolute atomic E-state index is 0.0348. The molecule has 2 heterocycles. The molecule has 3 N–H and O–H groups in total. The topological polar surface area (TPSA) is 118 Å². The normalized spacial score (nSPS) is 10.8. The Morgan fingerprint density at radius 1 is 0.966 bits per heavy atom. The number of H-pyrrole nitrogens is 1. The number of rotatable bonds is 5. The van der Waals surface area contributed by atoms with Gasteiger partial charge in [-0.15, -0.1) is 0 Å². The molecule has 0 fully saturated rings. The maximum atomic E-state index is 11.8. The van der Waals surface area contributed by atoms with Gasteiger partial charge < -0.3 is 24.7 Å². The minimum atomic E-state index is -1.11. The van der Waals surface area contributed by atoms with E-state index in [1.807, 2.05) is 12.1 Å². The molecule has 0 unspecified atom stereocenters. The second-order valence-corrected chi connectivity index (χ2v) is 6.26. The number of methoxy groups -OCH3 is 2. The van der Waals surface area contributed by atoms with Crippen molar-refractivity contribution in [2.24, 2.45) is 0 Å². The summed E-state index contributed by atoms with van der Waals surface area (Å²) in [6, 6.07) is 13.4. The zero-order valence-corrected chi connectivity index (χ0v) is 15.6. The van der Waals surface area contributed by atoms with Gasteiger partial charge in [0, 0.05) is 11.1 Å². The molecule has 0 aliphatic rings. The van der Waals surface area contributed by atoms with Crippen LogP contribution in [0, 0.1) is 0 Å². The molecule has 0 saturated heterocycles. The molecule has 0 amide bonds. The van der Waals surface area contributed by atoms with Crippen LogP contribution in [0.25, 0.3) is 33.8 Å². The number of aromatic amines is 1. The molecule has 29 heavy (non-hydrogen) atoms. The van der Waals surface area contributed by atoms with Crippen molar-refractivity contribution in [1.29, 1.82) is 0 Å². The first-order valence-electron chi connectivity index (χ1n) is 8.66. The summed E-state index contributed by atoms with van der Waals surface area (Å²) in [5.41, 5.74) is 2.31. The molecule has 8 heteroatoms. The Bertz CT molecular complexity index is 1220. The molecule has 0 radical (unpaired) electrons. The van der Waals surface area contributed by atoms with E-state index < -0.39 is 5.97 Å². The molecule has 0 saturated carbocycles. The molecular formula is C21H17N3O5. The van der Waals surface area contributed by atoms with E-state index in [9.17, 15) is 15.0 Å². The summed E-state index contributed by atoms with van der Waals surface area (Å²) >= 11 is 0. The number of fused-ring (bicyclic) bond motifs is 1. The maximum Gasteiger partial charge on any atom is 0.338 e. The van der Waals surface area contributed by atoms with Crippen molar-refractivity contribution in [3.05, 3.63) is 54.1 Å². The van der Waals surface area contributed by atoms with Crippen molar-refractivity contribution in [3.8, 4) is 39.9 Å². The van der Waals surface area contributed by atoms with Gasteiger partial charge in [-0.1, -0.05) is 0 Å². The number of ether oxygens (including phenoxy) is 2. The summed E-state index contributed by atoms with van der Waals surface area (Å²) in [6.07, 6.45) is 0. The fourth-order valence-corrected chi connectivity index (χ4v) is 3.04. The quantitative estimate of drug-likeness (QED) is 0.475. The first-order valence-corrected chi connectivity index (χ1v) is 8.66. The van der Waals surface area contributed by atoms with E-state index in [-0.39, 0.29) is 17.0 Å². The molecule has 2 aromatic heterocycles. The number of aromatic nitrogens is 3. The van der Waals surface area contributed by atoms with Crippen LogP contribution in [0.15, 0.2) is 48.5 Å². The Labute approximate surface area is 165 Å². The number of hydrogen-bond donors (Lipinski definition) is 3. The molecular weight excluding hydrogens is 374 g/mol. The number of nitrogens with zero attached hydrogens (tertiary/aromatic N) is 2. The summed E-state index contributed by atoms with van der Waals surface area (Å²) in [7, 11) is 3.03. The molecule has 0 aliphatic carbocycles. The summed E-state index contributed by atoms with van der Waals surface area (Å²) in [6.45, 7) is 0. The number of phenolic OH excluding ortho intramolecular Hbond substituents is 1. The highest BCUT2D eigenvalue weighted by Crippen LogP contribution is 2.32. The lowest BCUT2D eigenvalue weighted by atomic mass is 10.1. The molecule has 0 atom stereocenters. The third-order valence-corrected chi connectivity index (χ3v) is 4.53. The van der Waals surface area contributed by atoms with E-state index in [4.69, 9.17) is 9.47 Å². The first-order chi connectivity index (χ1) is 14.0. The number of phenols is 1. The van der Waals surface area contributed by atoms with Crippen molar-refractivity contribution in [2.45, 2.75) is 0 Å². The van der Waals surface area contributed by atoms with Crippen LogP contribution < -0.4 is 9.47 Å². The van der Waals surface area contributed by atoms with Crippen LogP contribution in [0.2, 0.25) is 0 Å². The third-order valence-electron chi connectivity index (χ3n) is 4.53. The first kappa shape index (κ1) is 18.3. The number of aromatic hydroxyl groups is 1. The number of hydrogen-bond acceptors (Lipinski definition) is 6. The second-order valence-electron chi connectivity index (χ2n) is 6.26. The SMILES string of the molecule is COc1ccc(-c2nc3nc(-c4ccc(OC)c(O)c4)cc(C(=O)O)c3[nH]2)cc1. The Balaban J connectivity index is 1.86. The van der Waals surface area contributed by atoms with Gasteiger partial charge in [-0.05, 0) is 48.5 Å². The molecule has 4 rings (SSSR count). The van der Waals surface area contributed by atoms with Crippen LogP contribution in [-0.4, -0.2) is 45.4 Å². The second kappa shape index (κ2) is 7.16. The summed E-state index contributed by atoms with van der Waals surface area (Å²) in [4.78, 5) is 23.8. The predicted octanol–water partition coefficient (Wildman–Crippen LogP) is 3.71. The van der Waals surface area contributed by atoms with Crippen LogP contribution in [0.4, 0.5) is 0 Å². The average Bonchev–Trinajstić information content (AvgIpc) is 3.17. The van der Waals surface area contributed by atoms with Gasteiger partial charge in [-0.25, -0.2) is 14.8 Å². The summed E-state index contributed by atoms with van der Waals surface area (Å²) in [5, 5.41) is 19.7. The van der Waals surface area contributed by atoms with Gasteiger partial charge >= 0.3 is 5.97 Å². The van der Waals surface area contributed by atoms with Gasteiger partial charge in [0.25, 0.3) is 0 Å². The molecule has 0 spiro atoms. The average molecular weight is 391 g/mol. The number of carbonyl (C=O) groups is 1. The van der Waals surface area contributed by atoms with Gasteiger partial charge in [0.2, 0.25) is 0 Å². The van der Waals surface area contributed by atoms with E-state index in [0.717, 1.165) is 5.56 Å². The minimum Gasteiger partial charge on any atom is -0.504 e. The van der Waals surface area contributed by atoms with Gasteiger partial charge in [0.05, 0.1) is 31.0 Å². The van der Waals surface area contributed by atoms with Crippen LogP contribution in [0.3, 0.4) is 0 Å². The van der Waals surface area contributed by atoms with Crippen molar-refractivity contribution in [1.82, 2.24) is 15.0 Å². The number of carboxylic acid groups (broad SMARTS) is 1. The van der Waals surface area contributed by atoms with Crippen LogP contribution in [0.1, 0.15) is 10.4 Å². The number of aromatic carboxylic acids is 1. The fraction of sp³-hybridized carbons (Fsp3) is 0.0952. The van der Waals surface area contributed by atoms with Gasteiger partial charge in [-0.3, -0.25) is 0 Å². The van der Waals surface area contributed by atoms with Crippen molar-refractivity contribution < 1.29 is 24.5 Å². The predicted molar refractivity (Wildman–Crippen MR) is 106 cm³/mol. The number of imidazole rings is 1. The highest BCUT2D eigenvalue weighted by molar-refractivity contribution is 6.02. The van der Waals surface area contributed by atoms with Crippen molar-refractivity contribution in [3.63, 3.8) is 0 Å². The van der Waals surface area contributed by atoms with Gasteiger partial charge in [0.15, 0.2) is 17.1 Å². The largest absolute Gasteiger partial charge is 0.504 e. The van der Waals surface area contributed by atoms with Gasteiger partial charge in [-0.2, -0.15) is 0 Å². The van der Waals surface area contributed by atoms with E-state index in [1.54, 1.807) is 31.4 Å². The molecule has 2 aromatic carbocycles. The smallest absolute Gasteiger partial charge is 0.338 e. The van der Waals surface area contributed by atoms with Crippen molar-refractivity contribution in [2.75, 3.05) is 14.2 Å². The lowest BCUT2D eigenvalue weighted by Gasteiger charge is -2.07. The standard InChI is InChI=1S/C21H17N3O5/c1-28-13-6-3-11(4-7-13)19-23-18-14(21(26)27)10-15(22-20(18)24-19)12-5-8-17(29-2)16(25)9-12/h3-10,25H,1-2H3,(H,26,27)(H,22,23,24). The summed E-state index contributed by atoms with van der Waals surface area (Å²) in [5.74, 6) is 0.337. The van der Waals surface area contributed by atoms with Crippen LogP contribution in [-0.2, 0) is 0 Å². The zero-order chi connectivity index (χ0) is 20.5. The number of carboxylic acids is 1. The molecule has 4 aromatic rings. The van der Waals surface area contributed by atoms with E-state index in [0.29, 0.717) is 34.1 Å². The monoisotopic (exact) mass is 391 g/mol. The van der Waals surface area contributed by atoms with E-state index in [1.165, 1.54) is 19.2 Å². The van der Waals surface area contributed by atoms with Crippen molar-refractivity contribution >= 4 is 17.1 Å².